The second-order valence-electron chi connectivity index (χ2n) is 6.15. The third kappa shape index (κ3) is 6.35. The molecule has 134 valence electrons. The first-order valence-electron chi connectivity index (χ1n) is 9.17. The van der Waals surface area contributed by atoms with Crippen LogP contribution in [0, 0.1) is 0 Å². The second-order valence-corrected chi connectivity index (χ2v) is 6.15. The maximum Gasteiger partial charge on any atom is 0.191 e. The molecular weight excluding hydrogens is 300 g/mol. The molecule has 1 saturated heterocycles. The number of likely N-dealkylation sites (N-methyl/N-ethyl adjacent to an activating group) is 1. The number of pyridine rings is 1. The maximum absolute atomic E-state index is 4.32. The normalized spacial score (nSPS) is 18.6. The molecule has 1 atom stereocenters. The molecule has 1 aliphatic heterocycles. The first-order chi connectivity index (χ1) is 11.8. The molecule has 0 amide bonds. The number of nitrogens with zero attached hydrogens (tertiary/aromatic N) is 3. The van der Waals surface area contributed by atoms with Gasteiger partial charge in [0, 0.05) is 38.9 Å². The first-order valence-corrected chi connectivity index (χ1v) is 9.17. The van der Waals surface area contributed by atoms with Crippen LogP contribution >= 0.6 is 0 Å². The van der Waals surface area contributed by atoms with Gasteiger partial charge in [0.05, 0.1) is 0 Å². The van der Waals surface area contributed by atoms with Gasteiger partial charge in [-0.05, 0) is 50.9 Å². The summed E-state index contributed by atoms with van der Waals surface area (Å²) in [4.78, 5) is 11.1. The molecule has 0 spiro atoms. The highest BCUT2D eigenvalue weighted by molar-refractivity contribution is 5.79. The van der Waals surface area contributed by atoms with Crippen molar-refractivity contribution in [2.24, 2.45) is 4.99 Å². The summed E-state index contributed by atoms with van der Waals surface area (Å²) in [5, 5.41) is 10.2. The van der Waals surface area contributed by atoms with Crippen molar-refractivity contribution in [1.82, 2.24) is 20.5 Å². The lowest BCUT2D eigenvalue weighted by atomic mass is 10.2. The molecule has 0 aromatic carbocycles. The monoisotopic (exact) mass is 332 g/mol. The number of unbranched alkanes of at least 4 members (excludes halogenated alkanes) is 1. The van der Waals surface area contributed by atoms with Crippen molar-refractivity contribution in [3.63, 3.8) is 0 Å². The summed E-state index contributed by atoms with van der Waals surface area (Å²) in [6.45, 7) is 7.48. The van der Waals surface area contributed by atoms with Gasteiger partial charge >= 0.3 is 0 Å². The standard InChI is InChI=1S/C18H32N6/c1-3-24-14-8-9-16(24)15-23-18(19-2)22-13-7-6-12-21-17-10-4-5-11-20-17/h4-5,10-11,16H,3,6-9,12-15H2,1-2H3,(H,20,21)(H2,19,22,23). The molecule has 0 saturated carbocycles. The van der Waals surface area contributed by atoms with Crippen molar-refractivity contribution in [3.8, 4) is 0 Å². The number of anilines is 1. The number of hydrogen-bond donors (Lipinski definition) is 3. The Morgan fingerprint density at radius 2 is 2.17 bits per heavy atom. The summed E-state index contributed by atoms with van der Waals surface area (Å²) in [7, 11) is 1.84. The molecule has 3 N–H and O–H groups in total. The highest BCUT2D eigenvalue weighted by Crippen LogP contribution is 2.15. The van der Waals surface area contributed by atoms with Gasteiger partial charge in [-0.1, -0.05) is 13.0 Å². The summed E-state index contributed by atoms with van der Waals surface area (Å²) >= 11 is 0. The average molecular weight is 332 g/mol. The number of nitrogens with one attached hydrogen (secondary N) is 3. The average Bonchev–Trinajstić information content (AvgIpc) is 3.09. The molecular formula is C18H32N6. The first kappa shape index (κ1) is 18.5. The summed E-state index contributed by atoms with van der Waals surface area (Å²) in [5.74, 6) is 1.86. The molecule has 1 fully saturated rings. The van der Waals surface area contributed by atoms with E-state index in [0.717, 1.165) is 50.8 Å². The zero-order valence-corrected chi connectivity index (χ0v) is 15.1. The lowest BCUT2D eigenvalue weighted by Gasteiger charge is -2.24. The van der Waals surface area contributed by atoms with Gasteiger partial charge in [0.15, 0.2) is 5.96 Å². The van der Waals surface area contributed by atoms with Crippen LogP contribution in [0.2, 0.25) is 0 Å². The minimum absolute atomic E-state index is 0.649. The minimum atomic E-state index is 0.649. The van der Waals surface area contributed by atoms with E-state index in [0.29, 0.717) is 6.04 Å². The van der Waals surface area contributed by atoms with E-state index in [9.17, 15) is 0 Å². The second kappa shape index (κ2) is 10.9. The number of aromatic nitrogens is 1. The highest BCUT2D eigenvalue weighted by Gasteiger charge is 2.22. The van der Waals surface area contributed by atoms with Gasteiger partial charge in [0.1, 0.15) is 5.82 Å². The van der Waals surface area contributed by atoms with Gasteiger partial charge in [-0.25, -0.2) is 4.98 Å². The van der Waals surface area contributed by atoms with E-state index in [1.54, 1.807) is 0 Å². The Balaban J connectivity index is 1.53. The smallest absolute Gasteiger partial charge is 0.191 e. The van der Waals surface area contributed by atoms with Crippen LogP contribution in [0.5, 0.6) is 0 Å². The van der Waals surface area contributed by atoms with Crippen molar-refractivity contribution >= 4 is 11.8 Å². The van der Waals surface area contributed by atoms with E-state index < -0.39 is 0 Å². The number of likely N-dealkylation sites (tertiary alicyclic amines) is 1. The summed E-state index contributed by atoms with van der Waals surface area (Å²) in [6.07, 6.45) is 6.62. The third-order valence-electron chi connectivity index (χ3n) is 4.50. The number of guanidine groups is 1. The van der Waals surface area contributed by atoms with E-state index in [2.05, 4.69) is 37.8 Å². The highest BCUT2D eigenvalue weighted by atomic mass is 15.2. The van der Waals surface area contributed by atoms with Gasteiger partial charge in [-0.2, -0.15) is 0 Å². The largest absolute Gasteiger partial charge is 0.370 e. The summed E-state index contributed by atoms with van der Waals surface area (Å²) in [5.41, 5.74) is 0. The van der Waals surface area contributed by atoms with Gasteiger partial charge in [-0.15, -0.1) is 0 Å². The van der Waals surface area contributed by atoms with Gasteiger partial charge in [-0.3, -0.25) is 9.89 Å². The van der Waals surface area contributed by atoms with Crippen molar-refractivity contribution < 1.29 is 0 Å². The third-order valence-corrected chi connectivity index (χ3v) is 4.50. The molecule has 0 radical (unpaired) electrons. The predicted molar refractivity (Wildman–Crippen MR) is 102 cm³/mol. The lowest BCUT2D eigenvalue weighted by Crippen LogP contribution is -2.45. The molecule has 1 unspecified atom stereocenters. The van der Waals surface area contributed by atoms with Crippen LogP contribution in [0.4, 0.5) is 5.82 Å². The topological polar surface area (TPSA) is 64.6 Å². The van der Waals surface area contributed by atoms with Crippen LogP contribution in [0.15, 0.2) is 29.4 Å². The van der Waals surface area contributed by atoms with Crippen LogP contribution in [0.25, 0.3) is 0 Å². The van der Waals surface area contributed by atoms with E-state index in [-0.39, 0.29) is 0 Å². The van der Waals surface area contributed by atoms with Gasteiger partial charge in [0.25, 0.3) is 0 Å². The van der Waals surface area contributed by atoms with Crippen molar-refractivity contribution in [2.45, 2.75) is 38.6 Å². The number of rotatable bonds is 9. The van der Waals surface area contributed by atoms with Crippen molar-refractivity contribution in [1.29, 1.82) is 0 Å². The van der Waals surface area contributed by atoms with Gasteiger partial charge < -0.3 is 16.0 Å². The van der Waals surface area contributed by atoms with Crippen molar-refractivity contribution in [3.05, 3.63) is 24.4 Å². The fraction of sp³-hybridized carbons (Fsp3) is 0.667. The molecule has 2 heterocycles. The molecule has 1 aromatic heterocycles. The Labute approximate surface area is 146 Å². The Bertz CT molecular complexity index is 476. The lowest BCUT2D eigenvalue weighted by molar-refractivity contribution is 0.267. The van der Waals surface area contributed by atoms with Gasteiger partial charge in [0.2, 0.25) is 0 Å². The van der Waals surface area contributed by atoms with E-state index in [1.807, 2.05) is 31.4 Å². The SMILES string of the molecule is CCN1CCCC1CNC(=NC)NCCCCNc1ccccn1. The van der Waals surface area contributed by atoms with E-state index in [1.165, 1.54) is 19.4 Å². The Morgan fingerprint density at radius 1 is 1.29 bits per heavy atom. The van der Waals surface area contributed by atoms with Crippen LogP contribution < -0.4 is 16.0 Å². The summed E-state index contributed by atoms with van der Waals surface area (Å²) < 4.78 is 0. The van der Waals surface area contributed by atoms with Crippen LogP contribution in [-0.4, -0.2) is 61.7 Å². The van der Waals surface area contributed by atoms with Crippen LogP contribution in [-0.2, 0) is 0 Å². The molecule has 2 rings (SSSR count). The molecule has 6 nitrogen and oxygen atoms in total. The van der Waals surface area contributed by atoms with E-state index >= 15 is 0 Å². The molecule has 24 heavy (non-hydrogen) atoms. The zero-order chi connectivity index (χ0) is 17.0. The fourth-order valence-electron chi connectivity index (χ4n) is 3.12. The number of hydrogen-bond acceptors (Lipinski definition) is 4. The number of aliphatic imine (C=N–C) groups is 1. The predicted octanol–water partition coefficient (Wildman–Crippen LogP) is 1.92. The molecule has 1 aromatic rings. The van der Waals surface area contributed by atoms with Crippen LogP contribution in [0.3, 0.4) is 0 Å². The molecule has 1 aliphatic rings. The minimum Gasteiger partial charge on any atom is -0.370 e. The summed E-state index contributed by atoms with van der Waals surface area (Å²) in [6, 6.07) is 6.57. The molecule has 0 aliphatic carbocycles. The molecule has 0 bridgehead atoms. The Kier molecular flexibility index (Phi) is 8.38. The Morgan fingerprint density at radius 3 is 2.92 bits per heavy atom. The quantitative estimate of drug-likeness (QED) is 0.366. The fourth-order valence-corrected chi connectivity index (χ4v) is 3.12. The van der Waals surface area contributed by atoms with E-state index in [4.69, 9.17) is 0 Å². The molecule has 6 heteroatoms. The zero-order valence-electron chi connectivity index (χ0n) is 15.1. The maximum atomic E-state index is 4.32. The van der Waals surface area contributed by atoms with Crippen molar-refractivity contribution in [2.75, 3.05) is 45.1 Å². The van der Waals surface area contributed by atoms with Crippen LogP contribution in [0.1, 0.15) is 32.6 Å². The Hall–Kier alpha value is -1.82.